The second-order valence-corrected chi connectivity index (χ2v) is 6.50. The number of rotatable bonds is 6. The van der Waals surface area contributed by atoms with Crippen molar-refractivity contribution in [3.05, 3.63) is 0 Å². The molecule has 1 rings (SSSR count). The Hall–Kier alpha value is -1.59. The van der Waals surface area contributed by atoms with Crippen molar-refractivity contribution in [1.82, 2.24) is 10.6 Å². The van der Waals surface area contributed by atoms with E-state index in [-0.39, 0.29) is 30.2 Å². The molecule has 1 saturated carbocycles. The van der Waals surface area contributed by atoms with E-state index in [1.54, 1.807) is 27.7 Å². The van der Waals surface area contributed by atoms with Crippen LogP contribution in [0.4, 0.5) is 0 Å². The van der Waals surface area contributed by atoms with E-state index in [2.05, 4.69) is 10.6 Å². The SMILES string of the molecule is CC(NC(=O)C(C)(C)C)C(=O)NC(CC(=O)O)C1CC1. The smallest absolute Gasteiger partial charge is 0.305 e. The van der Waals surface area contributed by atoms with Crippen molar-refractivity contribution in [2.75, 3.05) is 0 Å². The van der Waals surface area contributed by atoms with Gasteiger partial charge in [-0.05, 0) is 25.7 Å². The van der Waals surface area contributed by atoms with Crippen LogP contribution in [0, 0.1) is 11.3 Å². The third kappa shape index (κ3) is 5.19. The summed E-state index contributed by atoms with van der Waals surface area (Å²) in [5.74, 6) is -1.21. The molecule has 0 aromatic rings. The third-order valence-corrected chi connectivity index (χ3v) is 3.34. The maximum atomic E-state index is 12.0. The van der Waals surface area contributed by atoms with Gasteiger partial charge >= 0.3 is 5.97 Å². The Morgan fingerprint density at radius 1 is 1.20 bits per heavy atom. The van der Waals surface area contributed by atoms with E-state index in [4.69, 9.17) is 5.11 Å². The minimum atomic E-state index is -0.923. The van der Waals surface area contributed by atoms with Crippen LogP contribution in [-0.4, -0.2) is 35.0 Å². The molecule has 0 aliphatic heterocycles. The Morgan fingerprint density at radius 3 is 2.15 bits per heavy atom. The largest absolute Gasteiger partial charge is 0.481 e. The minimum Gasteiger partial charge on any atom is -0.481 e. The molecule has 6 heteroatoms. The second-order valence-electron chi connectivity index (χ2n) is 6.50. The van der Waals surface area contributed by atoms with Crippen LogP contribution in [0.5, 0.6) is 0 Å². The molecule has 0 aromatic heterocycles. The molecule has 2 atom stereocenters. The summed E-state index contributed by atoms with van der Waals surface area (Å²) < 4.78 is 0. The topological polar surface area (TPSA) is 95.5 Å². The van der Waals surface area contributed by atoms with Gasteiger partial charge in [0, 0.05) is 11.5 Å². The van der Waals surface area contributed by atoms with Gasteiger partial charge in [-0.25, -0.2) is 0 Å². The molecule has 20 heavy (non-hydrogen) atoms. The molecule has 1 fully saturated rings. The number of carbonyl (C=O) groups is 3. The molecule has 6 nitrogen and oxygen atoms in total. The van der Waals surface area contributed by atoms with Gasteiger partial charge in [0.05, 0.1) is 6.42 Å². The number of carboxylic acids is 1. The molecule has 0 spiro atoms. The van der Waals surface area contributed by atoms with Crippen molar-refractivity contribution in [2.45, 2.75) is 59.0 Å². The first-order valence-electron chi connectivity index (χ1n) is 6.94. The first kappa shape index (κ1) is 16.5. The first-order valence-corrected chi connectivity index (χ1v) is 6.94. The Kier molecular flexibility index (Phi) is 5.14. The maximum absolute atomic E-state index is 12.0. The lowest BCUT2D eigenvalue weighted by molar-refractivity contribution is -0.138. The van der Waals surface area contributed by atoms with Gasteiger partial charge in [0.1, 0.15) is 6.04 Å². The summed E-state index contributed by atoms with van der Waals surface area (Å²) in [6.07, 6.45) is 1.82. The monoisotopic (exact) mass is 284 g/mol. The molecule has 1 aliphatic carbocycles. The van der Waals surface area contributed by atoms with E-state index in [0.29, 0.717) is 0 Å². The Labute approximate surface area is 119 Å². The quantitative estimate of drug-likeness (QED) is 0.675. The van der Waals surface area contributed by atoms with Crippen LogP contribution in [0.15, 0.2) is 0 Å². The van der Waals surface area contributed by atoms with Crippen LogP contribution in [-0.2, 0) is 14.4 Å². The van der Waals surface area contributed by atoms with Gasteiger partial charge < -0.3 is 15.7 Å². The predicted molar refractivity (Wildman–Crippen MR) is 74.0 cm³/mol. The van der Waals surface area contributed by atoms with E-state index in [1.165, 1.54) is 0 Å². The summed E-state index contributed by atoms with van der Waals surface area (Å²) in [5.41, 5.74) is -0.564. The van der Waals surface area contributed by atoms with Crippen LogP contribution < -0.4 is 10.6 Å². The van der Waals surface area contributed by atoms with Crippen molar-refractivity contribution in [3.63, 3.8) is 0 Å². The number of aliphatic carboxylic acids is 1. The van der Waals surface area contributed by atoms with Crippen LogP contribution >= 0.6 is 0 Å². The van der Waals surface area contributed by atoms with Gasteiger partial charge in [-0.15, -0.1) is 0 Å². The van der Waals surface area contributed by atoms with Gasteiger partial charge in [-0.3, -0.25) is 14.4 Å². The lowest BCUT2D eigenvalue weighted by Gasteiger charge is -2.23. The summed E-state index contributed by atoms with van der Waals surface area (Å²) in [7, 11) is 0. The standard InChI is InChI=1S/C14H24N2O4/c1-8(15-13(20)14(2,3)4)12(19)16-10(7-11(17)18)9-5-6-9/h8-10H,5-7H2,1-4H3,(H,15,20)(H,16,19)(H,17,18). The molecule has 114 valence electrons. The molecule has 3 N–H and O–H groups in total. The normalized spacial score (nSPS) is 18.0. The summed E-state index contributed by atoms with van der Waals surface area (Å²) in [6.45, 7) is 6.91. The highest BCUT2D eigenvalue weighted by Crippen LogP contribution is 2.34. The fourth-order valence-corrected chi connectivity index (χ4v) is 1.81. The van der Waals surface area contributed by atoms with Crippen LogP contribution in [0.2, 0.25) is 0 Å². The first-order chi connectivity index (χ1) is 9.11. The van der Waals surface area contributed by atoms with Crippen LogP contribution in [0.1, 0.15) is 47.0 Å². The number of carboxylic acid groups (broad SMARTS) is 1. The van der Waals surface area contributed by atoms with Crippen LogP contribution in [0.25, 0.3) is 0 Å². The Morgan fingerprint density at radius 2 is 1.75 bits per heavy atom. The lowest BCUT2D eigenvalue weighted by Crippen LogP contribution is -2.51. The van der Waals surface area contributed by atoms with E-state index < -0.39 is 17.4 Å². The molecule has 0 heterocycles. The van der Waals surface area contributed by atoms with Gasteiger partial charge in [-0.2, -0.15) is 0 Å². The summed E-state index contributed by atoms with van der Waals surface area (Å²) in [5, 5.41) is 14.2. The third-order valence-electron chi connectivity index (χ3n) is 3.34. The second kappa shape index (κ2) is 6.24. The highest BCUT2D eigenvalue weighted by atomic mass is 16.4. The lowest BCUT2D eigenvalue weighted by atomic mass is 9.95. The van der Waals surface area contributed by atoms with Gasteiger partial charge in [0.25, 0.3) is 0 Å². The molecule has 2 amide bonds. The zero-order valence-corrected chi connectivity index (χ0v) is 12.5. The zero-order valence-electron chi connectivity index (χ0n) is 12.5. The maximum Gasteiger partial charge on any atom is 0.305 e. The van der Waals surface area contributed by atoms with Gasteiger partial charge in [0.15, 0.2) is 0 Å². The van der Waals surface area contributed by atoms with E-state index in [1.807, 2.05) is 0 Å². The van der Waals surface area contributed by atoms with Crippen molar-refractivity contribution in [3.8, 4) is 0 Å². The molecule has 0 radical (unpaired) electrons. The van der Waals surface area contributed by atoms with Gasteiger partial charge in [0.2, 0.25) is 11.8 Å². The van der Waals surface area contributed by atoms with E-state index in [0.717, 1.165) is 12.8 Å². The molecule has 0 saturated heterocycles. The molecule has 1 aliphatic rings. The highest BCUT2D eigenvalue weighted by molar-refractivity contribution is 5.89. The molecular weight excluding hydrogens is 260 g/mol. The number of hydrogen-bond acceptors (Lipinski definition) is 3. The number of nitrogens with one attached hydrogen (secondary N) is 2. The van der Waals surface area contributed by atoms with E-state index >= 15 is 0 Å². The summed E-state index contributed by atoms with van der Waals surface area (Å²) in [4.78, 5) is 34.6. The average Bonchev–Trinajstić information content (AvgIpc) is 3.09. The van der Waals surface area contributed by atoms with Gasteiger partial charge in [-0.1, -0.05) is 20.8 Å². The van der Waals surface area contributed by atoms with Crippen LogP contribution in [0.3, 0.4) is 0 Å². The summed E-state index contributed by atoms with van der Waals surface area (Å²) in [6, 6.07) is -1.01. The number of amides is 2. The Balaban J connectivity index is 2.51. The fourth-order valence-electron chi connectivity index (χ4n) is 1.81. The number of carbonyl (C=O) groups excluding carboxylic acids is 2. The van der Waals surface area contributed by atoms with Crippen molar-refractivity contribution >= 4 is 17.8 Å². The summed E-state index contributed by atoms with van der Waals surface area (Å²) >= 11 is 0. The molecular formula is C14H24N2O4. The number of hydrogen-bond donors (Lipinski definition) is 3. The van der Waals surface area contributed by atoms with Crippen molar-refractivity contribution < 1.29 is 19.5 Å². The van der Waals surface area contributed by atoms with E-state index in [9.17, 15) is 14.4 Å². The predicted octanol–water partition coefficient (Wildman–Crippen LogP) is 0.907. The zero-order chi connectivity index (χ0) is 15.5. The average molecular weight is 284 g/mol. The van der Waals surface area contributed by atoms with Crippen molar-refractivity contribution in [2.24, 2.45) is 11.3 Å². The molecule has 0 aromatic carbocycles. The molecule has 0 bridgehead atoms. The highest BCUT2D eigenvalue weighted by Gasteiger charge is 2.35. The Bertz CT molecular complexity index is 396. The minimum absolute atomic E-state index is 0.0731. The molecule has 2 unspecified atom stereocenters. The fraction of sp³-hybridized carbons (Fsp3) is 0.786. The van der Waals surface area contributed by atoms with Crippen molar-refractivity contribution in [1.29, 1.82) is 0 Å².